The molecule has 0 aromatic heterocycles. The summed E-state index contributed by atoms with van der Waals surface area (Å²) in [5.41, 5.74) is 5.29. The van der Waals surface area contributed by atoms with E-state index in [-0.39, 0.29) is 36.1 Å². The molecular formula is C17H29N3O3. The van der Waals surface area contributed by atoms with Gasteiger partial charge in [0.05, 0.1) is 11.8 Å². The Kier molecular flexibility index (Phi) is 5.45. The Hall–Kier alpha value is -1.43. The van der Waals surface area contributed by atoms with Crippen molar-refractivity contribution in [3.8, 4) is 0 Å². The molecule has 130 valence electrons. The van der Waals surface area contributed by atoms with Crippen molar-refractivity contribution in [3.05, 3.63) is 0 Å². The van der Waals surface area contributed by atoms with Crippen molar-refractivity contribution in [1.29, 1.82) is 0 Å². The first-order chi connectivity index (χ1) is 10.8. The molecule has 0 aromatic rings. The standard InChI is InChI=1S/C17H29N3O3/c1-11(2)8-17(3,10-18)19-14(21)9-20-15(22)12-6-4-5-7-13(12)16(20)23/h11-13H,4-10,18H2,1-3H3,(H,19,21). The Morgan fingerprint density at radius 1 is 1.26 bits per heavy atom. The number of fused-ring (bicyclic) bond motifs is 1. The molecule has 3 atom stereocenters. The predicted octanol–water partition coefficient (Wildman–Crippen LogP) is 1.04. The zero-order valence-electron chi connectivity index (χ0n) is 14.4. The number of carbonyl (C=O) groups is 3. The Labute approximate surface area is 138 Å². The average molecular weight is 323 g/mol. The van der Waals surface area contributed by atoms with Gasteiger partial charge in [0.15, 0.2) is 0 Å². The molecular weight excluding hydrogens is 294 g/mol. The molecule has 1 saturated carbocycles. The van der Waals surface area contributed by atoms with Crippen LogP contribution in [0.1, 0.15) is 52.9 Å². The van der Waals surface area contributed by atoms with Gasteiger partial charge in [-0.2, -0.15) is 0 Å². The summed E-state index contributed by atoms with van der Waals surface area (Å²) in [6, 6.07) is 0. The first-order valence-electron chi connectivity index (χ1n) is 8.63. The van der Waals surface area contributed by atoms with Crippen LogP contribution in [0.5, 0.6) is 0 Å². The molecule has 6 heteroatoms. The summed E-state index contributed by atoms with van der Waals surface area (Å²) in [6.07, 6.45) is 4.25. The lowest BCUT2D eigenvalue weighted by Crippen LogP contribution is -2.55. The summed E-state index contributed by atoms with van der Waals surface area (Å²) in [4.78, 5) is 38.3. The van der Waals surface area contributed by atoms with Crippen LogP contribution >= 0.6 is 0 Å². The van der Waals surface area contributed by atoms with E-state index in [4.69, 9.17) is 5.73 Å². The van der Waals surface area contributed by atoms with Crippen molar-refractivity contribution in [2.24, 2.45) is 23.5 Å². The molecule has 2 fully saturated rings. The van der Waals surface area contributed by atoms with E-state index in [1.54, 1.807) is 0 Å². The van der Waals surface area contributed by atoms with Crippen LogP contribution in [-0.4, -0.2) is 41.2 Å². The van der Waals surface area contributed by atoms with Crippen LogP contribution in [0.2, 0.25) is 0 Å². The molecule has 0 spiro atoms. The number of nitrogens with one attached hydrogen (secondary N) is 1. The molecule has 1 heterocycles. The number of hydrogen-bond donors (Lipinski definition) is 2. The first kappa shape index (κ1) is 17.9. The fourth-order valence-corrected chi connectivity index (χ4v) is 3.99. The summed E-state index contributed by atoms with van der Waals surface area (Å²) in [5, 5.41) is 2.91. The minimum Gasteiger partial charge on any atom is -0.348 e. The zero-order valence-corrected chi connectivity index (χ0v) is 14.4. The van der Waals surface area contributed by atoms with Crippen LogP contribution in [0, 0.1) is 17.8 Å². The highest BCUT2D eigenvalue weighted by Gasteiger charge is 2.48. The maximum absolute atomic E-state index is 12.4. The number of nitrogens with zero attached hydrogens (tertiary/aromatic N) is 1. The number of likely N-dealkylation sites (tertiary alicyclic amines) is 1. The molecule has 3 unspecified atom stereocenters. The van der Waals surface area contributed by atoms with Crippen LogP contribution in [-0.2, 0) is 14.4 Å². The molecule has 6 nitrogen and oxygen atoms in total. The van der Waals surface area contributed by atoms with Gasteiger partial charge in [-0.25, -0.2) is 0 Å². The van der Waals surface area contributed by atoms with Gasteiger partial charge < -0.3 is 11.1 Å². The lowest BCUT2D eigenvalue weighted by atomic mass is 9.81. The van der Waals surface area contributed by atoms with Gasteiger partial charge in [-0.15, -0.1) is 0 Å². The van der Waals surface area contributed by atoms with Crippen molar-refractivity contribution in [2.75, 3.05) is 13.1 Å². The molecule has 2 rings (SSSR count). The Morgan fingerprint density at radius 2 is 1.78 bits per heavy atom. The summed E-state index contributed by atoms with van der Waals surface area (Å²) in [6.45, 7) is 6.18. The number of imide groups is 1. The third kappa shape index (κ3) is 3.91. The highest BCUT2D eigenvalue weighted by molar-refractivity contribution is 6.07. The van der Waals surface area contributed by atoms with Gasteiger partial charge >= 0.3 is 0 Å². The Morgan fingerprint density at radius 3 is 2.22 bits per heavy atom. The first-order valence-corrected chi connectivity index (χ1v) is 8.63. The molecule has 23 heavy (non-hydrogen) atoms. The van der Waals surface area contributed by atoms with Gasteiger partial charge in [0.25, 0.3) is 0 Å². The fraction of sp³-hybridized carbons (Fsp3) is 0.824. The van der Waals surface area contributed by atoms with Crippen molar-refractivity contribution in [2.45, 2.75) is 58.4 Å². The van der Waals surface area contributed by atoms with Gasteiger partial charge in [0.2, 0.25) is 17.7 Å². The number of hydrogen-bond acceptors (Lipinski definition) is 4. The highest BCUT2D eigenvalue weighted by Crippen LogP contribution is 2.37. The molecule has 0 aromatic carbocycles. The van der Waals surface area contributed by atoms with Crippen LogP contribution < -0.4 is 11.1 Å². The molecule has 3 N–H and O–H groups in total. The van der Waals surface area contributed by atoms with Crippen molar-refractivity contribution in [3.63, 3.8) is 0 Å². The molecule has 3 amide bonds. The summed E-state index contributed by atoms with van der Waals surface area (Å²) in [5.74, 6) is -0.678. The monoisotopic (exact) mass is 323 g/mol. The molecule has 2 aliphatic rings. The van der Waals surface area contributed by atoms with E-state index in [2.05, 4.69) is 19.2 Å². The third-order valence-electron chi connectivity index (χ3n) is 4.98. The average Bonchev–Trinajstić information content (AvgIpc) is 2.72. The zero-order chi connectivity index (χ0) is 17.2. The highest BCUT2D eigenvalue weighted by atomic mass is 16.2. The Bertz CT molecular complexity index is 467. The normalized spacial score (nSPS) is 27.1. The molecule has 0 bridgehead atoms. The quantitative estimate of drug-likeness (QED) is 0.714. The molecule has 0 radical (unpaired) electrons. The largest absolute Gasteiger partial charge is 0.348 e. The molecule has 1 aliphatic heterocycles. The van der Waals surface area contributed by atoms with Crippen LogP contribution in [0.15, 0.2) is 0 Å². The predicted molar refractivity (Wildman–Crippen MR) is 87.2 cm³/mol. The number of nitrogens with two attached hydrogens (primary N) is 1. The lowest BCUT2D eigenvalue weighted by molar-refractivity contribution is -0.144. The molecule has 1 aliphatic carbocycles. The maximum atomic E-state index is 12.4. The van der Waals surface area contributed by atoms with Gasteiger partial charge in [0, 0.05) is 12.1 Å². The SMILES string of the molecule is CC(C)CC(C)(CN)NC(=O)CN1C(=O)C2CCCCC2C1=O. The second-order valence-electron chi connectivity index (χ2n) is 7.67. The number of carbonyl (C=O) groups excluding carboxylic acids is 3. The Balaban J connectivity index is 1.99. The van der Waals surface area contributed by atoms with E-state index < -0.39 is 5.54 Å². The smallest absolute Gasteiger partial charge is 0.240 e. The van der Waals surface area contributed by atoms with E-state index in [0.717, 1.165) is 37.0 Å². The fourth-order valence-electron chi connectivity index (χ4n) is 3.99. The minimum absolute atomic E-state index is 0.173. The molecule has 1 saturated heterocycles. The van der Waals surface area contributed by atoms with Crippen LogP contribution in [0.25, 0.3) is 0 Å². The van der Waals surface area contributed by atoms with Crippen LogP contribution in [0.3, 0.4) is 0 Å². The van der Waals surface area contributed by atoms with Gasteiger partial charge in [-0.1, -0.05) is 26.7 Å². The van der Waals surface area contributed by atoms with Crippen molar-refractivity contribution >= 4 is 17.7 Å². The number of rotatable bonds is 6. The van der Waals surface area contributed by atoms with E-state index in [9.17, 15) is 14.4 Å². The summed E-state index contributed by atoms with van der Waals surface area (Å²) >= 11 is 0. The van der Waals surface area contributed by atoms with Gasteiger partial charge in [-0.3, -0.25) is 19.3 Å². The topological polar surface area (TPSA) is 92.5 Å². The second kappa shape index (κ2) is 6.99. The van der Waals surface area contributed by atoms with Crippen molar-refractivity contribution in [1.82, 2.24) is 10.2 Å². The van der Waals surface area contributed by atoms with Crippen LogP contribution in [0.4, 0.5) is 0 Å². The van der Waals surface area contributed by atoms with E-state index >= 15 is 0 Å². The maximum Gasteiger partial charge on any atom is 0.240 e. The van der Waals surface area contributed by atoms with E-state index in [1.165, 1.54) is 0 Å². The summed E-state index contributed by atoms with van der Waals surface area (Å²) < 4.78 is 0. The third-order valence-corrected chi connectivity index (χ3v) is 4.98. The van der Waals surface area contributed by atoms with Gasteiger partial charge in [0.1, 0.15) is 6.54 Å². The van der Waals surface area contributed by atoms with Gasteiger partial charge in [-0.05, 0) is 32.1 Å². The van der Waals surface area contributed by atoms with E-state index in [0.29, 0.717) is 12.5 Å². The van der Waals surface area contributed by atoms with Crippen molar-refractivity contribution < 1.29 is 14.4 Å². The number of amides is 3. The summed E-state index contributed by atoms with van der Waals surface area (Å²) in [7, 11) is 0. The minimum atomic E-state index is -0.510. The van der Waals surface area contributed by atoms with E-state index in [1.807, 2.05) is 6.92 Å². The second-order valence-corrected chi connectivity index (χ2v) is 7.67. The lowest BCUT2D eigenvalue weighted by Gasteiger charge is -2.31.